The maximum Gasteiger partial charge on any atom is 0.249 e. The van der Waals surface area contributed by atoms with Crippen molar-refractivity contribution >= 4 is 40.8 Å². The van der Waals surface area contributed by atoms with E-state index >= 15 is 0 Å². The van der Waals surface area contributed by atoms with Gasteiger partial charge in [-0.3, -0.25) is 0 Å². The summed E-state index contributed by atoms with van der Waals surface area (Å²) >= 11 is 6.16. The van der Waals surface area contributed by atoms with E-state index in [1.54, 1.807) is 6.08 Å². The standard InChI is InChI=1S/C22H18ClN7/c1-14-12-17(4-3-10-24)13-15(2)19(14)27-22-28-21(20(23)29-30-22)26-18-7-5-16(6-8-18)9-11-25/h3-8,12-13H,9H2,1-2H3,(H2,26,27,28,30)/b4-3+. The first-order valence-electron chi connectivity index (χ1n) is 9.07. The van der Waals surface area contributed by atoms with Crippen LogP contribution in [-0.4, -0.2) is 15.2 Å². The summed E-state index contributed by atoms with van der Waals surface area (Å²) in [6.07, 6.45) is 3.56. The van der Waals surface area contributed by atoms with Crippen LogP contribution >= 0.6 is 11.6 Å². The molecule has 0 bridgehead atoms. The minimum Gasteiger partial charge on any atom is -0.337 e. The van der Waals surface area contributed by atoms with E-state index in [9.17, 15) is 0 Å². The molecule has 3 rings (SSSR count). The SMILES string of the molecule is Cc1cc(/C=C/C#N)cc(C)c1Nc1nnc(Cl)c(Nc2ccc(CC#N)cc2)n1. The molecule has 0 fully saturated rings. The maximum atomic E-state index is 8.77. The van der Waals surface area contributed by atoms with Crippen molar-refractivity contribution in [2.45, 2.75) is 20.3 Å². The second-order valence-electron chi connectivity index (χ2n) is 6.55. The molecule has 1 aromatic heterocycles. The molecule has 3 aromatic rings. The summed E-state index contributed by atoms with van der Waals surface area (Å²) in [5, 5.41) is 31.9. The zero-order valence-electron chi connectivity index (χ0n) is 16.4. The van der Waals surface area contributed by atoms with Crippen molar-refractivity contribution in [3.05, 3.63) is 69.9 Å². The van der Waals surface area contributed by atoms with Crippen molar-refractivity contribution in [2.24, 2.45) is 0 Å². The summed E-state index contributed by atoms with van der Waals surface area (Å²) in [6.45, 7) is 3.93. The minimum atomic E-state index is 0.145. The Kier molecular flexibility index (Phi) is 6.59. The lowest BCUT2D eigenvalue weighted by atomic mass is 10.0. The highest BCUT2D eigenvalue weighted by Crippen LogP contribution is 2.27. The Morgan fingerprint density at radius 3 is 2.37 bits per heavy atom. The summed E-state index contributed by atoms with van der Waals surface area (Å²) in [4.78, 5) is 4.44. The van der Waals surface area contributed by atoms with Crippen LogP contribution < -0.4 is 10.6 Å². The third-order valence-corrected chi connectivity index (χ3v) is 4.54. The van der Waals surface area contributed by atoms with E-state index in [0.717, 1.165) is 33.6 Å². The zero-order chi connectivity index (χ0) is 21.5. The van der Waals surface area contributed by atoms with Gasteiger partial charge in [0.1, 0.15) is 0 Å². The van der Waals surface area contributed by atoms with Crippen LogP contribution in [0.4, 0.5) is 23.1 Å². The van der Waals surface area contributed by atoms with Gasteiger partial charge < -0.3 is 10.6 Å². The number of hydrogen-bond donors (Lipinski definition) is 2. The highest BCUT2D eigenvalue weighted by Gasteiger charge is 2.11. The van der Waals surface area contributed by atoms with E-state index in [1.807, 2.05) is 56.3 Å². The number of nitrogens with one attached hydrogen (secondary N) is 2. The number of aryl methyl sites for hydroxylation is 2. The van der Waals surface area contributed by atoms with Gasteiger partial charge in [0, 0.05) is 17.5 Å². The number of hydrogen-bond acceptors (Lipinski definition) is 7. The van der Waals surface area contributed by atoms with Crippen LogP contribution in [-0.2, 0) is 6.42 Å². The van der Waals surface area contributed by atoms with Gasteiger partial charge in [-0.2, -0.15) is 15.5 Å². The lowest BCUT2D eigenvalue weighted by Gasteiger charge is -2.14. The summed E-state index contributed by atoms with van der Waals surface area (Å²) in [6, 6.07) is 15.5. The molecule has 0 atom stereocenters. The van der Waals surface area contributed by atoms with E-state index in [0.29, 0.717) is 18.2 Å². The summed E-state index contributed by atoms with van der Waals surface area (Å²) in [5.41, 5.74) is 5.46. The zero-order valence-corrected chi connectivity index (χ0v) is 17.2. The van der Waals surface area contributed by atoms with E-state index in [4.69, 9.17) is 22.1 Å². The van der Waals surface area contributed by atoms with E-state index < -0.39 is 0 Å². The monoisotopic (exact) mass is 415 g/mol. The van der Waals surface area contributed by atoms with Crippen LogP contribution in [0, 0.1) is 36.5 Å². The Labute approximate surface area is 179 Å². The normalized spacial score (nSPS) is 10.4. The highest BCUT2D eigenvalue weighted by molar-refractivity contribution is 6.31. The fourth-order valence-corrected chi connectivity index (χ4v) is 3.04. The van der Waals surface area contributed by atoms with Gasteiger partial charge in [0.2, 0.25) is 5.95 Å². The van der Waals surface area contributed by atoms with Crippen molar-refractivity contribution in [1.29, 1.82) is 10.5 Å². The van der Waals surface area contributed by atoms with Crippen molar-refractivity contribution in [3.8, 4) is 12.1 Å². The van der Waals surface area contributed by atoms with Gasteiger partial charge in [0.05, 0.1) is 18.6 Å². The molecular formula is C22H18ClN7. The van der Waals surface area contributed by atoms with Gasteiger partial charge in [-0.25, -0.2) is 0 Å². The van der Waals surface area contributed by atoms with Gasteiger partial charge in [-0.05, 0) is 66.4 Å². The molecule has 0 amide bonds. The van der Waals surface area contributed by atoms with Gasteiger partial charge >= 0.3 is 0 Å². The van der Waals surface area contributed by atoms with Crippen molar-refractivity contribution in [3.63, 3.8) is 0 Å². The maximum absolute atomic E-state index is 8.77. The fraction of sp³-hybridized carbons (Fsp3) is 0.136. The molecular weight excluding hydrogens is 398 g/mol. The first kappa shape index (κ1) is 20.8. The number of benzene rings is 2. The molecule has 0 spiro atoms. The highest BCUT2D eigenvalue weighted by atomic mass is 35.5. The Morgan fingerprint density at radius 1 is 1.03 bits per heavy atom. The third kappa shape index (κ3) is 5.11. The molecule has 7 nitrogen and oxygen atoms in total. The van der Waals surface area contributed by atoms with Crippen molar-refractivity contribution < 1.29 is 0 Å². The van der Waals surface area contributed by atoms with Gasteiger partial charge in [-0.15, -0.1) is 10.2 Å². The molecule has 1 heterocycles. The lowest BCUT2D eigenvalue weighted by molar-refractivity contribution is 0.981. The first-order valence-corrected chi connectivity index (χ1v) is 9.45. The molecule has 0 aliphatic heterocycles. The molecule has 30 heavy (non-hydrogen) atoms. The number of allylic oxidation sites excluding steroid dienone is 1. The number of rotatable bonds is 6. The smallest absolute Gasteiger partial charge is 0.249 e. The molecule has 0 saturated carbocycles. The van der Waals surface area contributed by atoms with E-state index in [2.05, 4.69) is 31.9 Å². The Hall–Kier alpha value is -3.94. The predicted molar refractivity (Wildman–Crippen MR) is 118 cm³/mol. The topological polar surface area (TPSA) is 110 Å². The first-order chi connectivity index (χ1) is 14.5. The summed E-state index contributed by atoms with van der Waals surface area (Å²) in [7, 11) is 0. The van der Waals surface area contributed by atoms with Crippen LogP contribution in [0.5, 0.6) is 0 Å². The van der Waals surface area contributed by atoms with Crippen molar-refractivity contribution in [1.82, 2.24) is 15.2 Å². The Bertz CT molecular complexity index is 1150. The van der Waals surface area contributed by atoms with Crippen LogP contribution in [0.15, 0.2) is 42.5 Å². The van der Waals surface area contributed by atoms with Gasteiger partial charge in [0.25, 0.3) is 0 Å². The minimum absolute atomic E-state index is 0.145. The van der Waals surface area contributed by atoms with Gasteiger partial charge in [-0.1, -0.05) is 23.7 Å². The molecule has 0 aliphatic carbocycles. The fourth-order valence-electron chi connectivity index (χ4n) is 2.92. The lowest BCUT2D eigenvalue weighted by Crippen LogP contribution is -2.05. The van der Waals surface area contributed by atoms with E-state index in [1.165, 1.54) is 6.08 Å². The van der Waals surface area contributed by atoms with Crippen LogP contribution in [0.25, 0.3) is 6.08 Å². The second-order valence-corrected chi connectivity index (χ2v) is 6.91. The molecule has 2 aromatic carbocycles. The molecule has 2 N–H and O–H groups in total. The second kappa shape index (κ2) is 9.51. The van der Waals surface area contributed by atoms with Crippen LogP contribution in [0.3, 0.4) is 0 Å². The quantitative estimate of drug-likeness (QED) is 0.530. The van der Waals surface area contributed by atoms with E-state index in [-0.39, 0.29) is 5.15 Å². The van der Waals surface area contributed by atoms with Crippen molar-refractivity contribution in [2.75, 3.05) is 10.6 Å². The average molecular weight is 416 g/mol. The van der Waals surface area contributed by atoms with Gasteiger partial charge in [0.15, 0.2) is 11.0 Å². The summed E-state index contributed by atoms with van der Waals surface area (Å²) < 4.78 is 0. The summed E-state index contributed by atoms with van der Waals surface area (Å²) in [5.74, 6) is 0.667. The third-order valence-electron chi connectivity index (χ3n) is 4.29. The Balaban J connectivity index is 1.83. The largest absolute Gasteiger partial charge is 0.337 e. The number of halogens is 1. The molecule has 8 heteroatoms. The molecule has 148 valence electrons. The molecule has 0 saturated heterocycles. The van der Waals surface area contributed by atoms with Crippen LogP contribution in [0.1, 0.15) is 22.3 Å². The predicted octanol–water partition coefficient (Wildman–Crippen LogP) is 5.23. The Morgan fingerprint density at radius 2 is 1.73 bits per heavy atom. The molecule has 0 unspecified atom stereocenters. The molecule has 0 aliphatic rings. The number of anilines is 4. The average Bonchev–Trinajstić information content (AvgIpc) is 2.73. The number of nitrogens with zero attached hydrogens (tertiary/aromatic N) is 5. The van der Waals surface area contributed by atoms with Crippen LogP contribution in [0.2, 0.25) is 5.15 Å². The number of nitriles is 2. The molecule has 0 radical (unpaired) electrons. The number of aromatic nitrogens is 3.